The molecule has 1 atom stereocenters. The molecule has 1 aromatic carbocycles. The smallest absolute Gasteiger partial charge is 0.234 e. The van der Waals surface area contributed by atoms with Crippen molar-refractivity contribution in [3.05, 3.63) is 42.0 Å². The fourth-order valence-corrected chi connectivity index (χ4v) is 4.27. The molecule has 1 aliphatic carbocycles. The average molecular weight is 454 g/mol. The van der Waals surface area contributed by atoms with Gasteiger partial charge in [0, 0.05) is 30.4 Å². The van der Waals surface area contributed by atoms with Crippen LogP contribution in [-0.4, -0.2) is 52.7 Å². The van der Waals surface area contributed by atoms with Crippen molar-refractivity contribution >= 4 is 40.9 Å². The van der Waals surface area contributed by atoms with Crippen LogP contribution in [0.1, 0.15) is 43.0 Å². The van der Waals surface area contributed by atoms with Gasteiger partial charge in [-0.3, -0.25) is 14.4 Å². The number of carbonyl (C=O) groups is 3. The molecule has 168 valence electrons. The van der Waals surface area contributed by atoms with Gasteiger partial charge in [0.25, 0.3) is 0 Å². The first-order chi connectivity index (χ1) is 15.5. The van der Waals surface area contributed by atoms with Gasteiger partial charge in [0.15, 0.2) is 11.6 Å². The highest BCUT2D eigenvalue weighted by atomic mass is 32.2. The lowest BCUT2D eigenvalue weighted by atomic mass is 9.97. The Hall–Kier alpha value is -2.94. The van der Waals surface area contributed by atoms with Crippen LogP contribution in [0.4, 0.5) is 11.5 Å². The van der Waals surface area contributed by atoms with Crippen molar-refractivity contribution in [3.8, 4) is 0 Å². The summed E-state index contributed by atoms with van der Waals surface area (Å²) in [5.41, 5.74) is 1.15. The topological polar surface area (TPSA) is 104 Å². The van der Waals surface area contributed by atoms with Crippen LogP contribution >= 0.6 is 11.8 Å². The van der Waals surface area contributed by atoms with Gasteiger partial charge in [-0.2, -0.15) is 0 Å². The first kappa shape index (κ1) is 22.3. The maximum Gasteiger partial charge on any atom is 0.234 e. The molecule has 9 heteroatoms. The molecule has 8 nitrogen and oxygen atoms in total. The van der Waals surface area contributed by atoms with E-state index in [1.54, 1.807) is 24.3 Å². The largest absolute Gasteiger partial charge is 0.354 e. The maximum atomic E-state index is 12.4. The molecule has 1 aromatic heterocycles. The lowest BCUT2D eigenvalue weighted by Crippen LogP contribution is -2.44. The Labute approximate surface area is 191 Å². The van der Waals surface area contributed by atoms with Gasteiger partial charge in [-0.05, 0) is 56.9 Å². The summed E-state index contributed by atoms with van der Waals surface area (Å²) < 4.78 is 0. The van der Waals surface area contributed by atoms with E-state index in [9.17, 15) is 14.4 Å². The Kier molecular flexibility index (Phi) is 7.04. The Morgan fingerprint density at radius 3 is 2.69 bits per heavy atom. The summed E-state index contributed by atoms with van der Waals surface area (Å²) in [7, 11) is 0. The molecule has 2 N–H and O–H groups in total. The molecule has 0 spiro atoms. The van der Waals surface area contributed by atoms with E-state index in [-0.39, 0.29) is 29.3 Å². The van der Waals surface area contributed by atoms with Crippen molar-refractivity contribution in [2.75, 3.05) is 29.1 Å². The summed E-state index contributed by atoms with van der Waals surface area (Å²) in [6.45, 7) is 3.00. The molecule has 0 unspecified atom stereocenters. The van der Waals surface area contributed by atoms with Gasteiger partial charge in [0.2, 0.25) is 11.8 Å². The molecule has 1 saturated carbocycles. The predicted molar refractivity (Wildman–Crippen MR) is 124 cm³/mol. The number of Topliss-reactive ketones (excluding diaryl/α,β-unsaturated/α-hetero) is 1. The van der Waals surface area contributed by atoms with Crippen LogP contribution in [0.15, 0.2) is 41.4 Å². The van der Waals surface area contributed by atoms with Gasteiger partial charge < -0.3 is 15.5 Å². The molecular weight excluding hydrogens is 426 g/mol. The number of anilines is 2. The van der Waals surface area contributed by atoms with Crippen molar-refractivity contribution in [2.24, 2.45) is 5.92 Å². The van der Waals surface area contributed by atoms with Gasteiger partial charge >= 0.3 is 0 Å². The van der Waals surface area contributed by atoms with Crippen molar-refractivity contribution in [3.63, 3.8) is 0 Å². The van der Waals surface area contributed by atoms with Gasteiger partial charge in [0.1, 0.15) is 5.03 Å². The van der Waals surface area contributed by atoms with Crippen LogP contribution in [-0.2, 0) is 9.59 Å². The van der Waals surface area contributed by atoms with Gasteiger partial charge in [0.05, 0.1) is 11.7 Å². The first-order valence-corrected chi connectivity index (χ1v) is 11.9. The molecule has 1 saturated heterocycles. The Balaban J connectivity index is 1.27. The predicted octanol–water partition coefficient (Wildman–Crippen LogP) is 2.91. The fourth-order valence-electron chi connectivity index (χ4n) is 3.66. The highest BCUT2D eigenvalue weighted by molar-refractivity contribution is 7.99. The van der Waals surface area contributed by atoms with E-state index in [2.05, 4.69) is 25.7 Å². The SMILES string of the molecule is CC(=O)c1cccc(NC(=O)CSc2ccc(N3CCC[C@H](C(=O)NC4CC4)C3)nn2)c1. The van der Waals surface area contributed by atoms with Crippen LogP contribution in [0.25, 0.3) is 0 Å². The minimum absolute atomic E-state index is 0.00889. The molecular formula is C23H27N5O3S. The minimum atomic E-state index is -0.179. The lowest BCUT2D eigenvalue weighted by Gasteiger charge is -2.32. The number of piperidine rings is 1. The number of hydrogen-bond acceptors (Lipinski definition) is 7. The minimum Gasteiger partial charge on any atom is -0.354 e. The number of amides is 2. The zero-order valence-electron chi connectivity index (χ0n) is 18.0. The summed E-state index contributed by atoms with van der Waals surface area (Å²) in [4.78, 5) is 38.2. The van der Waals surface area contributed by atoms with Crippen LogP contribution in [0.2, 0.25) is 0 Å². The number of thioether (sulfide) groups is 1. The molecule has 0 bridgehead atoms. The van der Waals surface area contributed by atoms with Crippen LogP contribution in [0.3, 0.4) is 0 Å². The van der Waals surface area contributed by atoms with Crippen LogP contribution in [0.5, 0.6) is 0 Å². The second kappa shape index (κ2) is 10.1. The quantitative estimate of drug-likeness (QED) is 0.468. The molecule has 0 radical (unpaired) electrons. The van der Waals surface area contributed by atoms with E-state index in [1.807, 2.05) is 12.1 Å². The highest BCUT2D eigenvalue weighted by Gasteiger charge is 2.30. The van der Waals surface area contributed by atoms with Crippen molar-refractivity contribution < 1.29 is 14.4 Å². The van der Waals surface area contributed by atoms with E-state index >= 15 is 0 Å². The molecule has 2 heterocycles. The Bertz CT molecular complexity index is 993. The fraction of sp³-hybridized carbons (Fsp3) is 0.435. The molecule has 2 amide bonds. The summed E-state index contributed by atoms with van der Waals surface area (Å²) >= 11 is 1.30. The zero-order valence-corrected chi connectivity index (χ0v) is 18.9. The van der Waals surface area contributed by atoms with E-state index in [4.69, 9.17) is 0 Å². The van der Waals surface area contributed by atoms with Crippen LogP contribution in [0, 0.1) is 5.92 Å². The normalized spacial score (nSPS) is 18.2. The zero-order chi connectivity index (χ0) is 22.5. The third-order valence-corrected chi connectivity index (χ3v) is 6.49. The Morgan fingerprint density at radius 1 is 1.12 bits per heavy atom. The second-order valence-corrected chi connectivity index (χ2v) is 9.27. The number of aromatic nitrogens is 2. The molecule has 1 aliphatic heterocycles. The Morgan fingerprint density at radius 2 is 1.97 bits per heavy atom. The van der Waals surface area contributed by atoms with Gasteiger partial charge in [-0.25, -0.2) is 0 Å². The molecule has 4 rings (SSSR count). The third-order valence-electron chi connectivity index (χ3n) is 5.57. The number of rotatable bonds is 8. The van der Waals surface area contributed by atoms with Crippen molar-refractivity contribution in [1.82, 2.24) is 15.5 Å². The monoisotopic (exact) mass is 453 g/mol. The van der Waals surface area contributed by atoms with Crippen LogP contribution < -0.4 is 15.5 Å². The maximum absolute atomic E-state index is 12.4. The number of hydrogen-bond donors (Lipinski definition) is 2. The molecule has 2 aromatic rings. The number of nitrogens with one attached hydrogen (secondary N) is 2. The number of carbonyl (C=O) groups excluding carboxylic acids is 3. The average Bonchev–Trinajstić information content (AvgIpc) is 3.62. The summed E-state index contributed by atoms with van der Waals surface area (Å²) in [5.74, 6) is 0.855. The summed E-state index contributed by atoms with van der Waals surface area (Å²) in [6, 6.07) is 11.0. The van der Waals surface area contributed by atoms with Crippen molar-refractivity contribution in [2.45, 2.75) is 43.7 Å². The molecule has 2 aliphatic rings. The standard InChI is InChI=1S/C23H27N5O3S/c1-15(29)16-4-2-6-19(12-16)24-21(30)14-32-22-10-9-20(26-27-22)28-11-3-5-17(13-28)23(31)25-18-7-8-18/h2,4,6,9-10,12,17-18H,3,5,7-8,11,13-14H2,1H3,(H,24,30)(H,25,31)/t17-/m0/s1. The highest BCUT2D eigenvalue weighted by Crippen LogP contribution is 2.25. The number of ketones is 1. The van der Waals surface area contributed by atoms with Gasteiger partial charge in [-0.1, -0.05) is 23.9 Å². The second-order valence-electron chi connectivity index (χ2n) is 8.27. The van der Waals surface area contributed by atoms with Crippen molar-refractivity contribution in [1.29, 1.82) is 0 Å². The molecule has 32 heavy (non-hydrogen) atoms. The van der Waals surface area contributed by atoms with E-state index < -0.39 is 0 Å². The first-order valence-electron chi connectivity index (χ1n) is 10.9. The van der Waals surface area contributed by atoms with Gasteiger partial charge in [-0.15, -0.1) is 10.2 Å². The van der Waals surface area contributed by atoms with E-state index in [0.717, 1.165) is 38.0 Å². The summed E-state index contributed by atoms with van der Waals surface area (Å²) in [5, 5.41) is 15.1. The third kappa shape index (κ3) is 6.06. The van der Waals surface area contributed by atoms with E-state index in [0.29, 0.717) is 28.9 Å². The number of nitrogens with zero attached hydrogens (tertiary/aromatic N) is 3. The van der Waals surface area contributed by atoms with E-state index in [1.165, 1.54) is 18.7 Å². The molecule has 2 fully saturated rings. The number of benzene rings is 1. The summed E-state index contributed by atoms with van der Waals surface area (Å²) in [6.07, 6.45) is 4.04. The lowest BCUT2D eigenvalue weighted by molar-refractivity contribution is -0.125.